The molecule has 0 radical (unpaired) electrons. The molecule has 0 spiro atoms. The Morgan fingerprint density at radius 1 is 1.33 bits per heavy atom. The van der Waals surface area contributed by atoms with Gasteiger partial charge in [0.25, 0.3) is 0 Å². The van der Waals surface area contributed by atoms with E-state index in [2.05, 4.69) is 23.6 Å². The van der Waals surface area contributed by atoms with Gasteiger partial charge in [-0.25, -0.2) is 0 Å². The zero-order chi connectivity index (χ0) is 13.0. The van der Waals surface area contributed by atoms with E-state index < -0.39 is 0 Å². The Balaban J connectivity index is 1.74. The summed E-state index contributed by atoms with van der Waals surface area (Å²) in [5.74, 6) is 0.807. The maximum atomic E-state index is 9.47. The fourth-order valence-electron chi connectivity index (χ4n) is 3.15. The molecule has 2 fully saturated rings. The van der Waals surface area contributed by atoms with Crippen LogP contribution in [0.25, 0.3) is 0 Å². The fourth-order valence-corrected chi connectivity index (χ4v) is 3.15. The van der Waals surface area contributed by atoms with Crippen LogP contribution in [-0.2, 0) is 4.74 Å². The summed E-state index contributed by atoms with van der Waals surface area (Å²) in [7, 11) is 0. The molecule has 106 valence electrons. The van der Waals surface area contributed by atoms with E-state index in [1.54, 1.807) is 0 Å². The number of ether oxygens (including phenoxy) is 1. The van der Waals surface area contributed by atoms with E-state index in [0.717, 1.165) is 38.8 Å². The third-order valence-electron chi connectivity index (χ3n) is 4.49. The van der Waals surface area contributed by atoms with Crippen molar-refractivity contribution < 1.29 is 9.84 Å². The number of nitrogens with zero attached hydrogens (tertiary/aromatic N) is 2. The van der Waals surface area contributed by atoms with Gasteiger partial charge in [0.1, 0.15) is 0 Å². The van der Waals surface area contributed by atoms with E-state index in [-0.39, 0.29) is 12.0 Å². The van der Waals surface area contributed by atoms with Crippen LogP contribution in [0.3, 0.4) is 0 Å². The van der Waals surface area contributed by atoms with Gasteiger partial charge in [0.15, 0.2) is 0 Å². The lowest BCUT2D eigenvalue weighted by molar-refractivity contribution is -0.146. The van der Waals surface area contributed by atoms with Crippen molar-refractivity contribution in [3.05, 3.63) is 0 Å². The first-order valence-electron chi connectivity index (χ1n) is 7.34. The topological polar surface area (TPSA) is 35.9 Å². The number of hydrogen-bond acceptors (Lipinski definition) is 4. The third kappa shape index (κ3) is 3.23. The highest BCUT2D eigenvalue weighted by Crippen LogP contribution is 2.30. The summed E-state index contributed by atoms with van der Waals surface area (Å²) < 4.78 is 5.27. The van der Waals surface area contributed by atoms with Gasteiger partial charge in [-0.15, -0.1) is 0 Å². The molecule has 4 nitrogen and oxygen atoms in total. The lowest BCUT2D eigenvalue weighted by Crippen LogP contribution is -2.53. The predicted molar refractivity (Wildman–Crippen MR) is 72.7 cm³/mol. The van der Waals surface area contributed by atoms with E-state index in [1.807, 2.05) is 0 Å². The number of rotatable bonds is 7. The molecule has 0 bridgehead atoms. The van der Waals surface area contributed by atoms with Crippen LogP contribution in [-0.4, -0.2) is 74.0 Å². The van der Waals surface area contributed by atoms with Crippen LogP contribution in [0.5, 0.6) is 0 Å². The van der Waals surface area contributed by atoms with Gasteiger partial charge < -0.3 is 19.6 Å². The van der Waals surface area contributed by atoms with Crippen molar-refractivity contribution in [1.29, 1.82) is 0 Å². The first-order chi connectivity index (χ1) is 8.71. The van der Waals surface area contributed by atoms with Crippen LogP contribution in [0.15, 0.2) is 0 Å². The Morgan fingerprint density at radius 3 is 2.56 bits per heavy atom. The summed E-state index contributed by atoms with van der Waals surface area (Å²) in [4.78, 5) is 5.04. The number of aliphatic hydroxyl groups is 1. The third-order valence-corrected chi connectivity index (χ3v) is 4.49. The maximum Gasteiger partial charge on any atom is 0.0579 e. The largest absolute Gasteiger partial charge is 0.396 e. The second-order valence-corrected chi connectivity index (χ2v) is 6.03. The number of aliphatic hydroxyl groups excluding tert-OH is 1. The minimum atomic E-state index is 0.0457. The lowest BCUT2D eigenvalue weighted by atomic mass is 9.86. The van der Waals surface area contributed by atoms with E-state index in [1.165, 1.54) is 26.1 Å². The predicted octanol–water partition coefficient (Wildman–Crippen LogP) is 0.659. The molecule has 0 saturated carbocycles. The van der Waals surface area contributed by atoms with E-state index in [4.69, 9.17) is 4.74 Å². The van der Waals surface area contributed by atoms with Crippen LogP contribution in [0.1, 0.15) is 20.3 Å². The van der Waals surface area contributed by atoms with Crippen molar-refractivity contribution in [1.82, 2.24) is 9.80 Å². The van der Waals surface area contributed by atoms with Gasteiger partial charge in [0, 0.05) is 19.6 Å². The van der Waals surface area contributed by atoms with Crippen molar-refractivity contribution in [2.75, 3.05) is 59.1 Å². The number of hydrogen-bond donors (Lipinski definition) is 1. The molecule has 18 heavy (non-hydrogen) atoms. The second-order valence-electron chi connectivity index (χ2n) is 6.03. The summed E-state index contributed by atoms with van der Waals surface area (Å²) >= 11 is 0. The Morgan fingerprint density at radius 2 is 2.06 bits per heavy atom. The van der Waals surface area contributed by atoms with Crippen molar-refractivity contribution >= 4 is 0 Å². The van der Waals surface area contributed by atoms with Crippen molar-refractivity contribution in [2.45, 2.75) is 20.3 Å². The standard InChI is InChI=1S/C14H28N2O2/c1-3-15(4-2)7-13-5-6-16(8-13)9-14(10-17)11-18-12-14/h13,17H,3-12H2,1-2H3. The van der Waals surface area contributed by atoms with Gasteiger partial charge >= 0.3 is 0 Å². The van der Waals surface area contributed by atoms with Crippen LogP contribution in [0.4, 0.5) is 0 Å². The molecule has 2 saturated heterocycles. The first-order valence-corrected chi connectivity index (χ1v) is 7.34. The maximum absolute atomic E-state index is 9.47. The number of likely N-dealkylation sites (tertiary alicyclic amines) is 1. The molecule has 4 heteroatoms. The van der Waals surface area contributed by atoms with E-state index >= 15 is 0 Å². The summed E-state index contributed by atoms with van der Waals surface area (Å²) in [5, 5.41) is 9.47. The van der Waals surface area contributed by atoms with Crippen molar-refractivity contribution in [3.8, 4) is 0 Å². The van der Waals surface area contributed by atoms with E-state index in [0.29, 0.717) is 0 Å². The second kappa shape index (κ2) is 6.33. The highest BCUT2D eigenvalue weighted by atomic mass is 16.5. The summed E-state index contributed by atoms with van der Waals surface area (Å²) in [6.45, 7) is 13.1. The van der Waals surface area contributed by atoms with Gasteiger partial charge in [-0.05, 0) is 32.0 Å². The monoisotopic (exact) mass is 256 g/mol. The molecule has 2 aliphatic heterocycles. The summed E-state index contributed by atoms with van der Waals surface area (Å²) in [6.07, 6.45) is 1.30. The molecule has 0 aromatic carbocycles. The average molecular weight is 256 g/mol. The zero-order valence-corrected chi connectivity index (χ0v) is 11.9. The smallest absolute Gasteiger partial charge is 0.0579 e. The molecule has 1 N–H and O–H groups in total. The Bertz CT molecular complexity index is 247. The minimum Gasteiger partial charge on any atom is -0.396 e. The van der Waals surface area contributed by atoms with Gasteiger partial charge in [-0.3, -0.25) is 0 Å². The summed E-state index contributed by atoms with van der Waals surface area (Å²) in [5.41, 5.74) is 0.0457. The Labute approximate surface area is 111 Å². The molecule has 1 unspecified atom stereocenters. The average Bonchev–Trinajstić information content (AvgIpc) is 2.78. The molecular formula is C14H28N2O2. The minimum absolute atomic E-state index is 0.0457. The Kier molecular flexibility index (Phi) is 5.01. The lowest BCUT2D eigenvalue weighted by Gasteiger charge is -2.42. The zero-order valence-electron chi connectivity index (χ0n) is 11.9. The molecular weight excluding hydrogens is 228 g/mol. The molecule has 1 atom stereocenters. The molecule has 0 aliphatic carbocycles. The van der Waals surface area contributed by atoms with Gasteiger partial charge in [0.05, 0.1) is 25.2 Å². The van der Waals surface area contributed by atoms with Gasteiger partial charge in [0.2, 0.25) is 0 Å². The van der Waals surface area contributed by atoms with Gasteiger partial charge in [-0.1, -0.05) is 13.8 Å². The van der Waals surface area contributed by atoms with Crippen LogP contribution in [0, 0.1) is 11.3 Å². The van der Waals surface area contributed by atoms with E-state index in [9.17, 15) is 5.11 Å². The van der Waals surface area contributed by atoms with Gasteiger partial charge in [-0.2, -0.15) is 0 Å². The van der Waals surface area contributed by atoms with Crippen LogP contribution < -0.4 is 0 Å². The van der Waals surface area contributed by atoms with Crippen LogP contribution >= 0.6 is 0 Å². The molecule has 0 aromatic heterocycles. The molecule has 0 aromatic rings. The first kappa shape index (κ1) is 14.3. The fraction of sp³-hybridized carbons (Fsp3) is 1.00. The van der Waals surface area contributed by atoms with Crippen LogP contribution in [0.2, 0.25) is 0 Å². The van der Waals surface area contributed by atoms with Crippen molar-refractivity contribution in [2.24, 2.45) is 11.3 Å². The highest BCUT2D eigenvalue weighted by molar-refractivity contribution is 4.90. The molecule has 2 heterocycles. The molecule has 0 amide bonds. The molecule has 2 aliphatic rings. The SMILES string of the molecule is CCN(CC)CC1CCN(CC2(CO)COC2)C1. The Hall–Kier alpha value is -0.160. The normalized spacial score (nSPS) is 27.7. The highest BCUT2D eigenvalue weighted by Gasteiger charge is 2.40. The quantitative estimate of drug-likeness (QED) is 0.726. The molecule has 2 rings (SSSR count). The van der Waals surface area contributed by atoms with Crippen molar-refractivity contribution in [3.63, 3.8) is 0 Å². The summed E-state index contributed by atoms with van der Waals surface area (Å²) in [6, 6.07) is 0.